The van der Waals surface area contributed by atoms with Crippen molar-refractivity contribution < 1.29 is 13.2 Å². The molecule has 1 aromatic carbocycles. The molecule has 0 bridgehead atoms. The summed E-state index contributed by atoms with van der Waals surface area (Å²) >= 11 is 0. The summed E-state index contributed by atoms with van der Waals surface area (Å²) in [6.07, 6.45) is 1.29. The summed E-state index contributed by atoms with van der Waals surface area (Å²) in [5.74, 6) is -0.413. The van der Waals surface area contributed by atoms with Gasteiger partial charge >= 0.3 is 0 Å². The average Bonchev–Trinajstić information content (AvgIpc) is 2.40. The molecule has 0 radical (unpaired) electrons. The molecule has 1 aromatic rings. The maximum absolute atomic E-state index is 11.6. The van der Waals surface area contributed by atoms with E-state index in [0.29, 0.717) is 37.2 Å². The van der Waals surface area contributed by atoms with Crippen molar-refractivity contribution in [1.82, 2.24) is 0 Å². The minimum Gasteiger partial charge on any atom is -0.399 e. The van der Waals surface area contributed by atoms with Gasteiger partial charge in [0, 0.05) is 30.4 Å². The van der Waals surface area contributed by atoms with E-state index in [2.05, 4.69) is 0 Å². The fourth-order valence-corrected chi connectivity index (χ4v) is 3.55. The molecule has 6 N–H and O–H groups in total. The number of nitrogens with two attached hydrogens (primary N) is 3. The molecule has 0 unspecified atom stereocenters. The van der Waals surface area contributed by atoms with Crippen LogP contribution in [0.3, 0.4) is 0 Å². The number of sulfonamides is 1. The van der Waals surface area contributed by atoms with E-state index in [4.69, 9.17) is 16.6 Å². The summed E-state index contributed by atoms with van der Waals surface area (Å²) in [5.41, 5.74) is 12.8. The number of carbonyl (C=O) groups is 1. The Hall–Kier alpha value is -1.80. The Balaban J connectivity index is 2.34. The Kier molecular flexibility index (Phi) is 4.11. The van der Waals surface area contributed by atoms with Gasteiger partial charge in [-0.3, -0.25) is 4.79 Å². The molecule has 0 aliphatic carbocycles. The molecular formula is C13H20N4O3S. The minimum absolute atomic E-state index is 0.0366. The fourth-order valence-electron chi connectivity index (χ4n) is 2.72. The van der Waals surface area contributed by atoms with Gasteiger partial charge in [0.15, 0.2) is 0 Å². The van der Waals surface area contributed by atoms with Crippen molar-refractivity contribution >= 4 is 27.3 Å². The summed E-state index contributed by atoms with van der Waals surface area (Å²) < 4.78 is 23.2. The average molecular weight is 312 g/mol. The largest absolute Gasteiger partial charge is 0.399 e. The van der Waals surface area contributed by atoms with Crippen LogP contribution in [0.25, 0.3) is 0 Å². The molecule has 1 fully saturated rings. The van der Waals surface area contributed by atoms with E-state index in [1.165, 1.54) is 6.07 Å². The van der Waals surface area contributed by atoms with Gasteiger partial charge in [0.1, 0.15) is 0 Å². The number of amides is 1. The van der Waals surface area contributed by atoms with Crippen LogP contribution in [-0.4, -0.2) is 27.4 Å². The molecule has 1 aliphatic rings. The molecule has 8 heteroatoms. The highest BCUT2D eigenvalue weighted by Gasteiger charge is 2.25. The number of primary sulfonamides is 1. The molecule has 1 aliphatic heterocycles. The van der Waals surface area contributed by atoms with Crippen molar-refractivity contribution in [1.29, 1.82) is 0 Å². The third-order valence-corrected chi connectivity index (χ3v) is 4.94. The molecular weight excluding hydrogens is 292 g/mol. The van der Waals surface area contributed by atoms with Crippen LogP contribution in [0.4, 0.5) is 11.4 Å². The zero-order chi connectivity index (χ0) is 15.8. The third kappa shape index (κ3) is 3.27. The minimum atomic E-state index is -3.82. The van der Waals surface area contributed by atoms with Crippen molar-refractivity contribution in [3.63, 3.8) is 0 Å². The highest BCUT2D eigenvalue weighted by Crippen LogP contribution is 2.31. The lowest BCUT2D eigenvalue weighted by Crippen LogP contribution is -2.39. The maximum atomic E-state index is 11.6. The molecule has 0 spiro atoms. The SMILES string of the molecule is Cc1c(N2CCC(C(N)=O)CC2)cc(N)cc1S(N)(=O)=O. The van der Waals surface area contributed by atoms with Gasteiger partial charge in [-0.05, 0) is 37.5 Å². The van der Waals surface area contributed by atoms with Crippen molar-refractivity contribution in [2.45, 2.75) is 24.7 Å². The van der Waals surface area contributed by atoms with Crippen molar-refractivity contribution in [2.24, 2.45) is 16.8 Å². The van der Waals surface area contributed by atoms with Gasteiger partial charge < -0.3 is 16.4 Å². The van der Waals surface area contributed by atoms with Crippen LogP contribution in [0.2, 0.25) is 0 Å². The molecule has 2 rings (SSSR count). The first-order chi connectivity index (χ1) is 9.70. The van der Waals surface area contributed by atoms with Crippen LogP contribution >= 0.6 is 0 Å². The van der Waals surface area contributed by atoms with Crippen LogP contribution in [0, 0.1) is 12.8 Å². The van der Waals surface area contributed by atoms with Crippen LogP contribution in [0.5, 0.6) is 0 Å². The van der Waals surface area contributed by atoms with Gasteiger partial charge in [-0.1, -0.05) is 0 Å². The van der Waals surface area contributed by atoms with Gasteiger partial charge in [0.25, 0.3) is 0 Å². The molecule has 21 heavy (non-hydrogen) atoms. The lowest BCUT2D eigenvalue weighted by Gasteiger charge is -2.33. The predicted molar refractivity (Wildman–Crippen MR) is 81.1 cm³/mol. The number of hydrogen-bond acceptors (Lipinski definition) is 5. The van der Waals surface area contributed by atoms with Crippen LogP contribution in [-0.2, 0) is 14.8 Å². The highest BCUT2D eigenvalue weighted by molar-refractivity contribution is 7.89. The van der Waals surface area contributed by atoms with Gasteiger partial charge in [0.2, 0.25) is 15.9 Å². The van der Waals surface area contributed by atoms with Crippen molar-refractivity contribution in [3.05, 3.63) is 17.7 Å². The van der Waals surface area contributed by atoms with Gasteiger partial charge in [0.05, 0.1) is 4.90 Å². The van der Waals surface area contributed by atoms with Gasteiger partial charge in [-0.15, -0.1) is 0 Å². The smallest absolute Gasteiger partial charge is 0.238 e. The zero-order valence-corrected chi connectivity index (χ0v) is 12.7. The number of hydrogen-bond donors (Lipinski definition) is 3. The van der Waals surface area contributed by atoms with E-state index in [1.807, 2.05) is 4.90 Å². The summed E-state index contributed by atoms with van der Waals surface area (Å²) in [7, 11) is -3.82. The number of primary amides is 1. The summed E-state index contributed by atoms with van der Waals surface area (Å²) in [6.45, 7) is 2.96. The number of rotatable bonds is 3. The molecule has 0 aromatic heterocycles. The van der Waals surface area contributed by atoms with E-state index < -0.39 is 10.0 Å². The number of nitrogen functional groups attached to an aromatic ring is 1. The lowest BCUT2D eigenvalue weighted by atomic mass is 9.95. The Labute approximate surface area is 124 Å². The van der Waals surface area contributed by atoms with E-state index in [0.717, 1.165) is 5.69 Å². The normalized spacial score (nSPS) is 17.0. The molecule has 0 atom stereocenters. The number of piperidine rings is 1. The molecule has 0 saturated carbocycles. The second-order valence-electron chi connectivity index (χ2n) is 5.37. The second-order valence-corrected chi connectivity index (χ2v) is 6.90. The van der Waals surface area contributed by atoms with E-state index in [1.54, 1.807) is 13.0 Å². The number of nitrogens with zero attached hydrogens (tertiary/aromatic N) is 1. The summed E-state index contributed by atoms with van der Waals surface area (Å²) in [4.78, 5) is 13.2. The van der Waals surface area contributed by atoms with Gasteiger partial charge in [-0.25, -0.2) is 13.6 Å². The number of anilines is 2. The van der Waals surface area contributed by atoms with Gasteiger partial charge in [-0.2, -0.15) is 0 Å². The molecule has 1 saturated heterocycles. The number of benzene rings is 1. The Morgan fingerprint density at radius 3 is 2.33 bits per heavy atom. The van der Waals surface area contributed by atoms with Crippen LogP contribution in [0.1, 0.15) is 18.4 Å². The first kappa shape index (κ1) is 15.6. The van der Waals surface area contributed by atoms with E-state index in [9.17, 15) is 13.2 Å². The fraction of sp³-hybridized carbons (Fsp3) is 0.462. The Bertz CT molecular complexity index is 664. The standard InChI is InChI=1S/C13H20N4O3S/c1-8-11(6-10(14)7-12(8)21(16,19)20)17-4-2-9(3-5-17)13(15)18/h6-7,9H,2-5,14H2,1H3,(H2,15,18)(H2,16,19,20). The Morgan fingerprint density at radius 2 is 1.86 bits per heavy atom. The van der Waals surface area contributed by atoms with E-state index in [-0.39, 0.29) is 16.7 Å². The zero-order valence-electron chi connectivity index (χ0n) is 11.9. The van der Waals surface area contributed by atoms with Crippen molar-refractivity contribution in [2.75, 3.05) is 23.7 Å². The predicted octanol–water partition coefficient (Wildman–Crippen LogP) is -0.0737. The van der Waals surface area contributed by atoms with E-state index >= 15 is 0 Å². The first-order valence-electron chi connectivity index (χ1n) is 6.67. The molecule has 7 nitrogen and oxygen atoms in total. The molecule has 116 valence electrons. The molecule has 1 heterocycles. The molecule has 1 amide bonds. The highest BCUT2D eigenvalue weighted by atomic mass is 32.2. The van der Waals surface area contributed by atoms with Crippen LogP contribution < -0.4 is 21.5 Å². The lowest BCUT2D eigenvalue weighted by molar-refractivity contribution is -0.122. The topological polar surface area (TPSA) is 133 Å². The second kappa shape index (κ2) is 5.53. The summed E-state index contributed by atoms with van der Waals surface area (Å²) in [5, 5.41) is 5.22. The third-order valence-electron chi connectivity index (χ3n) is 3.90. The number of carbonyl (C=O) groups excluding carboxylic acids is 1. The first-order valence-corrected chi connectivity index (χ1v) is 8.22. The quantitative estimate of drug-likeness (QED) is 0.672. The van der Waals surface area contributed by atoms with Crippen LogP contribution in [0.15, 0.2) is 17.0 Å². The maximum Gasteiger partial charge on any atom is 0.238 e. The monoisotopic (exact) mass is 312 g/mol. The Morgan fingerprint density at radius 1 is 1.29 bits per heavy atom. The van der Waals surface area contributed by atoms with Crippen molar-refractivity contribution in [3.8, 4) is 0 Å². The summed E-state index contributed by atoms with van der Waals surface area (Å²) in [6, 6.07) is 3.10.